The molecule has 2 saturated heterocycles. The molecule has 2 fully saturated rings. The number of likely N-dealkylation sites (tertiary alicyclic amines) is 1. The molecule has 2 aliphatic rings. The first-order valence-corrected chi connectivity index (χ1v) is 8.79. The number of ether oxygens (including phenoxy) is 1. The van der Waals surface area contributed by atoms with Crippen molar-refractivity contribution in [3.63, 3.8) is 0 Å². The highest BCUT2D eigenvalue weighted by Crippen LogP contribution is 2.35. The molecule has 0 aromatic rings. The predicted molar refractivity (Wildman–Crippen MR) is 93.9 cm³/mol. The topological polar surface area (TPSA) is 78.9 Å². The first kappa shape index (κ1) is 20.9. The second-order valence-electron chi connectivity index (χ2n) is 8.32. The van der Waals surface area contributed by atoms with E-state index in [1.54, 1.807) is 7.11 Å². The van der Waals surface area contributed by atoms with Crippen molar-refractivity contribution in [2.75, 3.05) is 20.3 Å². The van der Waals surface area contributed by atoms with E-state index in [0.29, 0.717) is 30.9 Å². The van der Waals surface area contributed by atoms with Gasteiger partial charge in [-0.15, -0.1) is 0 Å². The molecule has 2 rings (SSSR count). The van der Waals surface area contributed by atoms with Gasteiger partial charge >= 0.3 is 0 Å². The van der Waals surface area contributed by atoms with Crippen molar-refractivity contribution in [3.8, 4) is 0 Å². The number of piperidine rings is 1. The van der Waals surface area contributed by atoms with Gasteiger partial charge in [-0.1, -0.05) is 0 Å². The summed E-state index contributed by atoms with van der Waals surface area (Å²) in [5.41, 5.74) is 0.229. The Kier molecular flexibility index (Phi) is 7.67. The molecule has 0 aromatic carbocycles. The zero-order valence-corrected chi connectivity index (χ0v) is 15.8. The SMILES string of the molecule is COC[C@@H]1CCCN1C(=O)CC1CC(C)(C)NC(C)(C)C1.O=CO. The molecular formula is C18H34N2O4. The molecule has 2 heterocycles. The van der Waals surface area contributed by atoms with Gasteiger partial charge in [0.05, 0.1) is 12.6 Å². The molecule has 0 saturated carbocycles. The molecule has 6 nitrogen and oxygen atoms in total. The Morgan fingerprint density at radius 1 is 1.29 bits per heavy atom. The van der Waals surface area contributed by atoms with Crippen LogP contribution in [0.25, 0.3) is 0 Å². The highest BCUT2D eigenvalue weighted by molar-refractivity contribution is 5.77. The van der Waals surface area contributed by atoms with Crippen molar-refractivity contribution in [1.82, 2.24) is 10.2 Å². The van der Waals surface area contributed by atoms with Gasteiger partial charge in [-0.2, -0.15) is 0 Å². The zero-order valence-electron chi connectivity index (χ0n) is 15.8. The molecular weight excluding hydrogens is 308 g/mol. The first-order valence-electron chi connectivity index (χ1n) is 8.79. The normalized spacial score (nSPS) is 25.7. The molecule has 1 amide bonds. The largest absolute Gasteiger partial charge is 0.483 e. The minimum absolute atomic E-state index is 0.115. The predicted octanol–water partition coefficient (Wildman–Crippen LogP) is 2.27. The monoisotopic (exact) mass is 342 g/mol. The van der Waals surface area contributed by atoms with E-state index in [0.717, 1.165) is 32.2 Å². The van der Waals surface area contributed by atoms with Crippen molar-refractivity contribution >= 4 is 12.4 Å². The lowest BCUT2D eigenvalue weighted by molar-refractivity contribution is -0.134. The van der Waals surface area contributed by atoms with E-state index in [9.17, 15) is 4.79 Å². The summed E-state index contributed by atoms with van der Waals surface area (Å²) in [6.07, 6.45) is 5.04. The number of amides is 1. The van der Waals surface area contributed by atoms with Crippen LogP contribution in [-0.2, 0) is 14.3 Å². The van der Waals surface area contributed by atoms with Gasteiger partial charge in [0.2, 0.25) is 5.91 Å². The van der Waals surface area contributed by atoms with E-state index in [-0.39, 0.29) is 17.6 Å². The van der Waals surface area contributed by atoms with Crippen LogP contribution in [0.15, 0.2) is 0 Å². The lowest BCUT2D eigenvalue weighted by atomic mass is 9.74. The van der Waals surface area contributed by atoms with Crippen LogP contribution in [0.1, 0.15) is 59.8 Å². The van der Waals surface area contributed by atoms with Crippen LogP contribution < -0.4 is 5.32 Å². The summed E-state index contributed by atoms with van der Waals surface area (Å²) in [7, 11) is 1.72. The lowest BCUT2D eigenvalue weighted by Gasteiger charge is -2.46. The standard InChI is InChI=1S/C17H32N2O2.CH2O2/c1-16(2)10-13(11-17(3,4)18-16)9-15(20)19-8-6-7-14(19)12-21-5;2-1-3/h13-14,18H,6-12H2,1-5H3;1H,(H,2,3)/t14-;/m0./s1. The number of carboxylic acid groups (broad SMARTS) is 1. The van der Waals surface area contributed by atoms with Gasteiger partial charge < -0.3 is 20.1 Å². The van der Waals surface area contributed by atoms with E-state index < -0.39 is 0 Å². The van der Waals surface area contributed by atoms with Gasteiger partial charge in [-0.25, -0.2) is 0 Å². The molecule has 2 aliphatic heterocycles. The summed E-state index contributed by atoms with van der Waals surface area (Å²) in [6.45, 7) is 10.3. The van der Waals surface area contributed by atoms with E-state index in [4.69, 9.17) is 14.6 Å². The second kappa shape index (κ2) is 8.81. The van der Waals surface area contributed by atoms with Crippen molar-refractivity contribution < 1.29 is 19.4 Å². The molecule has 1 atom stereocenters. The second-order valence-corrected chi connectivity index (χ2v) is 8.32. The van der Waals surface area contributed by atoms with E-state index in [1.165, 1.54) is 0 Å². The Morgan fingerprint density at radius 3 is 2.33 bits per heavy atom. The molecule has 0 aliphatic carbocycles. The van der Waals surface area contributed by atoms with Crippen LogP contribution in [0, 0.1) is 5.92 Å². The van der Waals surface area contributed by atoms with Crippen molar-refractivity contribution in [2.45, 2.75) is 76.9 Å². The lowest BCUT2D eigenvalue weighted by Crippen LogP contribution is -2.58. The molecule has 0 spiro atoms. The summed E-state index contributed by atoms with van der Waals surface area (Å²) in [4.78, 5) is 23.1. The number of carbonyl (C=O) groups is 2. The maximum atomic E-state index is 12.7. The Balaban J connectivity index is 0.000000891. The van der Waals surface area contributed by atoms with E-state index >= 15 is 0 Å². The zero-order chi connectivity index (χ0) is 18.4. The highest BCUT2D eigenvalue weighted by Gasteiger charge is 2.39. The molecule has 0 bridgehead atoms. The summed E-state index contributed by atoms with van der Waals surface area (Å²) < 4.78 is 5.26. The summed E-state index contributed by atoms with van der Waals surface area (Å²) in [6, 6.07) is 0.297. The fourth-order valence-corrected chi connectivity index (χ4v) is 4.57. The molecule has 6 heteroatoms. The first-order chi connectivity index (χ1) is 11.1. The summed E-state index contributed by atoms with van der Waals surface area (Å²) in [5, 5.41) is 10.6. The summed E-state index contributed by atoms with van der Waals surface area (Å²) >= 11 is 0. The number of methoxy groups -OCH3 is 1. The average molecular weight is 342 g/mol. The highest BCUT2D eigenvalue weighted by atomic mass is 16.5. The quantitative estimate of drug-likeness (QED) is 0.766. The Bertz CT molecular complexity index is 407. The number of nitrogens with one attached hydrogen (secondary N) is 1. The van der Waals surface area contributed by atoms with Gasteiger partial charge in [0.15, 0.2) is 0 Å². The fourth-order valence-electron chi connectivity index (χ4n) is 4.57. The smallest absolute Gasteiger partial charge is 0.290 e. The minimum atomic E-state index is -0.250. The molecule has 140 valence electrons. The van der Waals surface area contributed by atoms with Crippen LogP contribution in [0.4, 0.5) is 0 Å². The molecule has 0 unspecified atom stereocenters. The van der Waals surface area contributed by atoms with Gasteiger partial charge in [0, 0.05) is 31.2 Å². The third-order valence-electron chi connectivity index (χ3n) is 4.79. The maximum Gasteiger partial charge on any atom is 0.290 e. The number of rotatable bonds is 4. The third kappa shape index (κ3) is 6.40. The van der Waals surface area contributed by atoms with Crippen LogP contribution in [0.5, 0.6) is 0 Å². The van der Waals surface area contributed by atoms with E-state index in [1.807, 2.05) is 0 Å². The van der Waals surface area contributed by atoms with Crippen molar-refractivity contribution in [2.24, 2.45) is 5.92 Å². The summed E-state index contributed by atoms with van der Waals surface area (Å²) in [5.74, 6) is 0.806. The molecule has 0 aromatic heterocycles. The number of hydrogen-bond acceptors (Lipinski definition) is 4. The fraction of sp³-hybridized carbons (Fsp3) is 0.889. The van der Waals surface area contributed by atoms with Crippen LogP contribution in [0.2, 0.25) is 0 Å². The van der Waals surface area contributed by atoms with Crippen molar-refractivity contribution in [1.29, 1.82) is 0 Å². The Morgan fingerprint density at radius 2 is 1.83 bits per heavy atom. The van der Waals surface area contributed by atoms with Crippen LogP contribution in [-0.4, -0.2) is 59.8 Å². The van der Waals surface area contributed by atoms with E-state index in [2.05, 4.69) is 37.9 Å². The number of hydrogen-bond donors (Lipinski definition) is 2. The molecule has 2 N–H and O–H groups in total. The average Bonchev–Trinajstić information content (AvgIpc) is 2.84. The van der Waals surface area contributed by atoms with Gasteiger partial charge in [0.1, 0.15) is 0 Å². The van der Waals surface area contributed by atoms with Gasteiger partial charge in [-0.05, 0) is 59.3 Å². The minimum Gasteiger partial charge on any atom is -0.483 e. The van der Waals surface area contributed by atoms with Gasteiger partial charge in [0.25, 0.3) is 6.47 Å². The molecule has 0 radical (unpaired) electrons. The number of carbonyl (C=O) groups excluding carboxylic acids is 1. The van der Waals surface area contributed by atoms with Gasteiger partial charge in [-0.3, -0.25) is 9.59 Å². The maximum absolute atomic E-state index is 12.7. The van der Waals surface area contributed by atoms with Crippen LogP contribution >= 0.6 is 0 Å². The Labute approximate surface area is 145 Å². The van der Waals surface area contributed by atoms with Crippen LogP contribution in [0.3, 0.4) is 0 Å². The molecule has 24 heavy (non-hydrogen) atoms. The number of nitrogens with zero attached hydrogens (tertiary/aromatic N) is 1. The third-order valence-corrected chi connectivity index (χ3v) is 4.79. The van der Waals surface area contributed by atoms with Crippen molar-refractivity contribution in [3.05, 3.63) is 0 Å². The Hall–Kier alpha value is -1.14.